The van der Waals surface area contributed by atoms with Crippen LogP contribution in [0.3, 0.4) is 0 Å². The summed E-state index contributed by atoms with van der Waals surface area (Å²) in [5.41, 5.74) is -1.37. The number of rotatable bonds is 8. The second-order valence-corrected chi connectivity index (χ2v) is 8.52. The van der Waals surface area contributed by atoms with Crippen molar-refractivity contribution in [2.45, 2.75) is 39.3 Å². The Morgan fingerprint density at radius 3 is 2.34 bits per heavy atom. The molecule has 2 aromatic carbocycles. The van der Waals surface area contributed by atoms with E-state index in [4.69, 9.17) is 4.74 Å². The molecule has 0 aliphatic carbocycles. The van der Waals surface area contributed by atoms with Crippen LogP contribution in [-0.2, 0) is 26.9 Å². The van der Waals surface area contributed by atoms with E-state index in [2.05, 4.69) is 10.3 Å². The van der Waals surface area contributed by atoms with Crippen molar-refractivity contribution in [3.8, 4) is 0 Å². The molecule has 0 saturated heterocycles. The second kappa shape index (κ2) is 9.68. The lowest BCUT2D eigenvalue weighted by Gasteiger charge is -2.28. The van der Waals surface area contributed by atoms with Crippen LogP contribution >= 0.6 is 11.3 Å². The first kappa shape index (κ1) is 23.7. The van der Waals surface area contributed by atoms with E-state index < -0.39 is 35.6 Å². The topological polar surface area (TPSA) is 68.3 Å². The van der Waals surface area contributed by atoms with Crippen molar-refractivity contribution in [2.24, 2.45) is 5.41 Å². The first-order chi connectivity index (χ1) is 15.2. The SMILES string of the molecule is CCC(CC)(Cc1nc2ccccc2s1)C(=O)OCC(=O)Nc1ccccc1C(F)(F)F. The molecule has 32 heavy (non-hydrogen) atoms. The molecule has 1 aromatic heterocycles. The van der Waals surface area contributed by atoms with Gasteiger partial charge in [-0.2, -0.15) is 13.2 Å². The molecule has 5 nitrogen and oxygen atoms in total. The van der Waals surface area contributed by atoms with Crippen molar-refractivity contribution >= 4 is 39.1 Å². The van der Waals surface area contributed by atoms with E-state index in [1.54, 1.807) is 0 Å². The number of hydrogen-bond donors (Lipinski definition) is 1. The van der Waals surface area contributed by atoms with Gasteiger partial charge in [-0.05, 0) is 37.1 Å². The second-order valence-electron chi connectivity index (χ2n) is 7.41. The Morgan fingerprint density at radius 2 is 1.69 bits per heavy atom. The van der Waals surface area contributed by atoms with Gasteiger partial charge in [0.15, 0.2) is 6.61 Å². The Bertz CT molecular complexity index is 1070. The lowest BCUT2D eigenvalue weighted by atomic mass is 9.79. The number of amides is 1. The fraction of sp³-hybridized carbons (Fsp3) is 0.348. The molecule has 1 heterocycles. The zero-order chi connectivity index (χ0) is 23.4. The molecular formula is C23H23F3N2O3S. The van der Waals surface area contributed by atoms with Crippen molar-refractivity contribution in [1.82, 2.24) is 4.98 Å². The van der Waals surface area contributed by atoms with Gasteiger partial charge in [0.25, 0.3) is 5.91 Å². The molecule has 3 rings (SSSR count). The van der Waals surface area contributed by atoms with Crippen LogP contribution in [0.1, 0.15) is 37.3 Å². The molecule has 0 spiro atoms. The number of ether oxygens (including phenoxy) is 1. The number of para-hydroxylation sites is 2. The van der Waals surface area contributed by atoms with Gasteiger partial charge >= 0.3 is 12.1 Å². The molecule has 0 radical (unpaired) electrons. The summed E-state index contributed by atoms with van der Waals surface area (Å²) in [4.78, 5) is 29.7. The van der Waals surface area contributed by atoms with Gasteiger partial charge in [0.1, 0.15) is 0 Å². The minimum absolute atomic E-state index is 0.358. The van der Waals surface area contributed by atoms with E-state index in [9.17, 15) is 22.8 Å². The standard InChI is InChI=1S/C23H23F3N2O3S/c1-3-22(4-2,13-20-28-17-11-7-8-12-18(17)32-20)21(30)31-14-19(29)27-16-10-6-5-9-15(16)23(24,25)26/h5-12H,3-4,13-14H2,1-2H3,(H,27,29). The van der Waals surface area contributed by atoms with Gasteiger partial charge in [-0.1, -0.05) is 38.1 Å². The van der Waals surface area contributed by atoms with Gasteiger partial charge in [-0.25, -0.2) is 4.98 Å². The summed E-state index contributed by atoms with van der Waals surface area (Å²) >= 11 is 1.50. The molecule has 0 saturated carbocycles. The van der Waals surface area contributed by atoms with Gasteiger partial charge in [0.2, 0.25) is 0 Å². The van der Waals surface area contributed by atoms with Gasteiger partial charge in [-0.3, -0.25) is 9.59 Å². The summed E-state index contributed by atoms with van der Waals surface area (Å²) < 4.78 is 45.6. The monoisotopic (exact) mass is 464 g/mol. The highest BCUT2D eigenvalue weighted by Crippen LogP contribution is 2.36. The third kappa shape index (κ3) is 5.27. The molecule has 0 unspecified atom stereocenters. The van der Waals surface area contributed by atoms with Crippen LogP contribution in [0, 0.1) is 5.41 Å². The van der Waals surface area contributed by atoms with E-state index in [1.165, 1.54) is 23.5 Å². The highest BCUT2D eigenvalue weighted by molar-refractivity contribution is 7.18. The fourth-order valence-electron chi connectivity index (χ4n) is 3.46. The van der Waals surface area contributed by atoms with Gasteiger partial charge < -0.3 is 10.1 Å². The van der Waals surface area contributed by atoms with Crippen LogP contribution in [0.25, 0.3) is 10.2 Å². The Kier molecular flexibility index (Phi) is 7.18. The van der Waals surface area contributed by atoms with Crippen molar-refractivity contribution in [2.75, 3.05) is 11.9 Å². The van der Waals surface area contributed by atoms with Crippen LogP contribution in [0.4, 0.5) is 18.9 Å². The van der Waals surface area contributed by atoms with E-state index in [1.807, 2.05) is 38.1 Å². The van der Waals surface area contributed by atoms with E-state index >= 15 is 0 Å². The summed E-state index contributed by atoms with van der Waals surface area (Å²) in [6.07, 6.45) is -3.32. The highest BCUT2D eigenvalue weighted by Gasteiger charge is 2.38. The van der Waals surface area contributed by atoms with Crippen LogP contribution in [0.2, 0.25) is 0 Å². The molecule has 0 aliphatic rings. The number of aromatic nitrogens is 1. The van der Waals surface area contributed by atoms with Crippen molar-refractivity contribution in [3.63, 3.8) is 0 Å². The molecule has 0 atom stereocenters. The summed E-state index contributed by atoms with van der Waals surface area (Å²) in [6.45, 7) is 3.04. The number of hydrogen-bond acceptors (Lipinski definition) is 5. The maximum absolute atomic E-state index is 13.1. The Morgan fingerprint density at radius 1 is 1.03 bits per heavy atom. The van der Waals surface area contributed by atoms with E-state index in [0.717, 1.165) is 27.4 Å². The van der Waals surface area contributed by atoms with Crippen molar-refractivity contribution < 1.29 is 27.5 Å². The zero-order valence-corrected chi connectivity index (χ0v) is 18.5. The average molecular weight is 465 g/mol. The summed E-state index contributed by atoms with van der Waals surface area (Å²) in [5.74, 6) is -1.41. The van der Waals surface area contributed by atoms with Crippen LogP contribution in [0.15, 0.2) is 48.5 Å². The number of alkyl halides is 3. The minimum atomic E-state index is -4.61. The Hall–Kier alpha value is -2.94. The van der Waals surface area contributed by atoms with Gasteiger partial charge in [-0.15, -0.1) is 11.3 Å². The number of nitrogens with one attached hydrogen (secondary N) is 1. The molecule has 1 amide bonds. The first-order valence-corrected chi connectivity index (χ1v) is 11.0. The van der Waals surface area contributed by atoms with E-state index in [-0.39, 0.29) is 5.69 Å². The number of fused-ring (bicyclic) bond motifs is 1. The molecule has 170 valence electrons. The summed E-state index contributed by atoms with van der Waals surface area (Å²) in [5, 5.41) is 2.97. The number of nitrogens with zero attached hydrogens (tertiary/aromatic N) is 1. The average Bonchev–Trinajstić information content (AvgIpc) is 3.17. The normalized spacial score (nSPS) is 12.0. The molecule has 3 aromatic rings. The van der Waals surface area contributed by atoms with Crippen molar-refractivity contribution in [3.05, 3.63) is 59.1 Å². The lowest BCUT2D eigenvalue weighted by molar-refractivity contribution is -0.158. The maximum atomic E-state index is 13.1. The zero-order valence-electron chi connectivity index (χ0n) is 17.7. The predicted molar refractivity (Wildman–Crippen MR) is 117 cm³/mol. The summed E-state index contributed by atoms with van der Waals surface area (Å²) in [7, 11) is 0. The molecule has 0 fully saturated rings. The Labute approximate surface area is 187 Å². The van der Waals surface area contributed by atoms with Crippen molar-refractivity contribution in [1.29, 1.82) is 0 Å². The molecular weight excluding hydrogens is 441 g/mol. The number of carbonyl (C=O) groups excluding carboxylic acids is 2. The number of carbonyl (C=O) groups is 2. The molecule has 0 bridgehead atoms. The van der Waals surface area contributed by atoms with Crippen LogP contribution in [0.5, 0.6) is 0 Å². The number of thiazole rings is 1. The lowest BCUT2D eigenvalue weighted by Crippen LogP contribution is -2.36. The molecule has 0 aliphatic heterocycles. The van der Waals surface area contributed by atoms with Crippen LogP contribution in [-0.4, -0.2) is 23.5 Å². The van der Waals surface area contributed by atoms with Crippen LogP contribution < -0.4 is 5.32 Å². The summed E-state index contributed by atoms with van der Waals surface area (Å²) in [6, 6.07) is 12.3. The largest absolute Gasteiger partial charge is 0.455 e. The minimum Gasteiger partial charge on any atom is -0.455 e. The Balaban J connectivity index is 1.68. The number of anilines is 1. The third-order valence-electron chi connectivity index (χ3n) is 5.46. The highest BCUT2D eigenvalue weighted by atomic mass is 32.1. The number of esters is 1. The third-order valence-corrected chi connectivity index (χ3v) is 6.49. The number of benzene rings is 2. The maximum Gasteiger partial charge on any atom is 0.418 e. The fourth-order valence-corrected chi connectivity index (χ4v) is 4.57. The van der Waals surface area contributed by atoms with Gasteiger partial charge in [0, 0.05) is 6.42 Å². The molecule has 1 N–H and O–H groups in total. The van der Waals surface area contributed by atoms with E-state index in [0.29, 0.717) is 19.3 Å². The molecule has 9 heteroatoms. The number of halogens is 3. The predicted octanol–water partition coefficient (Wildman–Crippen LogP) is 5.85. The first-order valence-electron chi connectivity index (χ1n) is 10.2. The quantitative estimate of drug-likeness (QED) is 0.425. The van der Waals surface area contributed by atoms with Gasteiger partial charge in [0.05, 0.1) is 31.9 Å². The smallest absolute Gasteiger partial charge is 0.418 e.